The van der Waals surface area contributed by atoms with Crippen LogP contribution in [0.1, 0.15) is 36.1 Å². The Kier molecular flexibility index (Phi) is 4.68. The fraction of sp³-hybridized carbons (Fsp3) is 0.300. The first-order chi connectivity index (χ1) is 12.3. The number of carbonyl (C=O) groups is 1. The first kappa shape index (κ1) is 16.5. The molecule has 3 heterocycles. The highest BCUT2D eigenvalue weighted by molar-refractivity contribution is 7.10. The number of hydrogen-bond donors (Lipinski definition) is 1. The molecule has 3 aromatic heterocycles. The molecule has 0 bridgehead atoms. The van der Waals surface area contributed by atoms with Crippen LogP contribution in [-0.2, 0) is 16.8 Å². The summed E-state index contributed by atoms with van der Waals surface area (Å²) in [5.41, 5.74) is 2.99. The summed E-state index contributed by atoms with van der Waals surface area (Å²) < 4.78 is 0. The fourth-order valence-electron chi connectivity index (χ4n) is 3.64. The molecule has 5 heteroatoms. The van der Waals surface area contributed by atoms with Gasteiger partial charge in [-0.3, -0.25) is 9.78 Å². The van der Waals surface area contributed by atoms with Gasteiger partial charge in [0.05, 0.1) is 5.41 Å². The molecule has 0 radical (unpaired) electrons. The van der Waals surface area contributed by atoms with Crippen LogP contribution >= 0.6 is 22.7 Å². The van der Waals surface area contributed by atoms with E-state index in [-0.39, 0.29) is 11.3 Å². The highest BCUT2D eigenvalue weighted by Crippen LogP contribution is 2.43. The lowest BCUT2D eigenvalue weighted by atomic mass is 9.83. The van der Waals surface area contributed by atoms with Gasteiger partial charge in [-0.25, -0.2) is 0 Å². The van der Waals surface area contributed by atoms with Gasteiger partial charge in [0, 0.05) is 29.4 Å². The maximum atomic E-state index is 13.0. The van der Waals surface area contributed by atoms with E-state index in [0.29, 0.717) is 6.54 Å². The zero-order valence-corrected chi connectivity index (χ0v) is 15.5. The molecule has 0 atom stereocenters. The van der Waals surface area contributed by atoms with E-state index < -0.39 is 0 Å². The molecule has 1 saturated carbocycles. The summed E-state index contributed by atoms with van der Waals surface area (Å²) >= 11 is 3.37. The number of pyridine rings is 1. The van der Waals surface area contributed by atoms with E-state index in [1.165, 1.54) is 10.4 Å². The number of thiophene rings is 2. The predicted octanol–water partition coefficient (Wildman–Crippen LogP) is 5.00. The van der Waals surface area contributed by atoms with Crippen molar-refractivity contribution in [2.75, 3.05) is 0 Å². The Bertz CT molecular complexity index is 834. The second kappa shape index (κ2) is 7.10. The normalized spacial score (nSPS) is 16.0. The lowest BCUT2D eigenvalue weighted by molar-refractivity contribution is -0.126. The van der Waals surface area contributed by atoms with Gasteiger partial charge in [0.15, 0.2) is 0 Å². The van der Waals surface area contributed by atoms with Crippen LogP contribution in [-0.4, -0.2) is 10.9 Å². The van der Waals surface area contributed by atoms with Crippen molar-refractivity contribution in [3.05, 3.63) is 63.2 Å². The van der Waals surface area contributed by atoms with Gasteiger partial charge in [-0.15, -0.1) is 11.3 Å². The van der Waals surface area contributed by atoms with Crippen LogP contribution in [0.25, 0.3) is 11.1 Å². The third-order valence-electron chi connectivity index (χ3n) is 4.99. The van der Waals surface area contributed by atoms with E-state index in [1.807, 2.05) is 18.5 Å². The quantitative estimate of drug-likeness (QED) is 0.688. The second-order valence-corrected chi connectivity index (χ2v) is 8.27. The average molecular weight is 369 g/mol. The Balaban J connectivity index is 1.49. The van der Waals surface area contributed by atoms with Crippen molar-refractivity contribution < 1.29 is 4.79 Å². The Hall–Kier alpha value is -1.98. The first-order valence-corrected chi connectivity index (χ1v) is 10.4. The molecular weight excluding hydrogens is 348 g/mol. The molecule has 0 unspecified atom stereocenters. The number of nitrogens with zero attached hydrogens (tertiary/aromatic N) is 1. The Labute approximate surface area is 155 Å². The summed E-state index contributed by atoms with van der Waals surface area (Å²) in [6.45, 7) is 0.525. The summed E-state index contributed by atoms with van der Waals surface area (Å²) in [4.78, 5) is 18.6. The van der Waals surface area contributed by atoms with Gasteiger partial charge >= 0.3 is 0 Å². The minimum atomic E-state index is -0.327. The van der Waals surface area contributed by atoms with Crippen molar-refractivity contribution in [1.29, 1.82) is 0 Å². The number of nitrogens with one attached hydrogen (secondary N) is 1. The van der Waals surface area contributed by atoms with Gasteiger partial charge in [0.2, 0.25) is 5.91 Å². The first-order valence-electron chi connectivity index (χ1n) is 8.57. The molecule has 0 saturated heterocycles. The number of hydrogen-bond acceptors (Lipinski definition) is 4. The van der Waals surface area contributed by atoms with Crippen molar-refractivity contribution in [1.82, 2.24) is 10.3 Å². The topological polar surface area (TPSA) is 42.0 Å². The minimum Gasteiger partial charge on any atom is -0.351 e. The van der Waals surface area contributed by atoms with E-state index in [2.05, 4.69) is 44.6 Å². The molecule has 0 aliphatic heterocycles. The zero-order chi connectivity index (χ0) is 17.1. The van der Waals surface area contributed by atoms with E-state index in [1.54, 1.807) is 22.7 Å². The molecule has 3 nitrogen and oxygen atoms in total. The molecule has 1 N–H and O–H groups in total. The van der Waals surface area contributed by atoms with E-state index in [9.17, 15) is 4.79 Å². The van der Waals surface area contributed by atoms with Crippen LogP contribution in [0.4, 0.5) is 0 Å². The van der Waals surface area contributed by atoms with Gasteiger partial charge in [-0.05, 0) is 58.3 Å². The van der Waals surface area contributed by atoms with Gasteiger partial charge in [0.1, 0.15) is 0 Å². The maximum absolute atomic E-state index is 13.0. The van der Waals surface area contributed by atoms with Crippen molar-refractivity contribution in [2.45, 2.75) is 37.6 Å². The largest absolute Gasteiger partial charge is 0.351 e. The van der Waals surface area contributed by atoms with E-state index in [4.69, 9.17) is 0 Å². The van der Waals surface area contributed by atoms with Crippen molar-refractivity contribution in [3.63, 3.8) is 0 Å². The summed E-state index contributed by atoms with van der Waals surface area (Å²) in [5.74, 6) is 0.161. The van der Waals surface area contributed by atoms with Crippen LogP contribution in [0, 0.1) is 0 Å². The van der Waals surface area contributed by atoms with E-state index in [0.717, 1.165) is 36.8 Å². The van der Waals surface area contributed by atoms with Gasteiger partial charge in [-0.2, -0.15) is 11.3 Å². The maximum Gasteiger partial charge on any atom is 0.231 e. The van der Waals surface area contributed by atoms with Crippen LogP contribution in [0.3, 0.4) is 0 Å². The molecule has 0 spiro atoms. The molecular formula is C20H20N2OS2. The van der Waals surface area contributed by atoms with Crippen LogP contribution in [0.2, 0.25) is 0 Å². The Morgan fingerprint density at radius 1 is 1.16 bits per heavy atom. The van der Waals surface area contributed by atoms with Crippen LogP contribution < -0.4 is 5.32 Å². The lowest BCUT2D eigenvalue weighted by Crippen LogP contribution is -2.41. The molecule has 1 amide bonds. The summed E-state index contributed by atoms with van der Waals surface area (Å²) in [5, 5.41) is 9.42. The molecule has 3 aromatic rings. The van der Waals surface area contributed by atoms with Crippen molar-refractivity contribution >= 4 is 28.6 Å². The van der Waals surface area contributed by atoms with Crippen LogP contribution in [0.15, 0.2) is 52.8 Å². The van der Waals surface area contributed by atoms with Gasteiger partial charge < -0.3 is 5.32 Å². The third-order valence-corrected chi connectivity index (χ3v) is 6.74. The number of aromatic nitrogens is 1. The standard InChI is InChI=1S/C20H20N2OS2/c23-19(20(6-1-2-7-20)18-4-3-8-25-18)22-12-15-10-17(13-21-11-15)16-5-9-24-14-16/h3-5,8-11,13-14H,1-2,6-7,12H2,(H,22,23). The summed E-state index contributed by atoms with van der Waals surface area (Å²) in [7, 11) is 0. The second-order valence-electron chi connectivity index (χ2n) is 6.54. The lowest BCUT2D eigenvalue weighted by Gasteiger charge is -2.26. The fourth-order valence-corrected chi connectivity index (χ4v) is 5.29. The van der Waals surface area contributed by atoms with Crippen molar-refractivity contribution in [2.24, 2.45) is 0 Å². The Morgan fingerprint density at radius 2 is 2.04 bits per heavy atom. The molecule has 1 aliphatic rings. The molecule has 128 valence electrons. The van der Waals surface area contributed by atoms with Crippen LogP contribution in [0.5, 0.6) is 0 Å². The highest BCUT2D eigenvalue weighted by atomic mass is 32.1. The molecule has 4 rings (SSSR count). The summed E-state index contributed by atoms with van der Waals surface area (Å²) in [6.07, 6.45) is 7.86. The number of amides is 1. The van der Waals surface area contributed by atoms with Gasteiger partial charge in [-0.1, -0.05) is 18.9 Å². The number of rotatable bonds is 5. The molecule has 1 fully saturated rings. The van der Waals surface area contributed by atoms with Gasteiger partial charge in [0.25, 0.3) is 0 Å². The molecule has 0 aromatic carbocycles. The molecule has 25 heavy (non-hydrogen) atoms. The average Bonchev–Trinajstić information content (AvgIpc) is 3.42. The van der Waals surface area contributed by atoms with Crippen molar-refractivity contribution in [3.8, 4) is 11.1 Å². The highest BCUT2D eigenvalue weighted by Gasteiger charge is 2.43. The SMILES string of the molecule is O=C(NCc1cncc(-c2ccsc2)c1)C1(c2cccs2)CCCC1. The monoisotopic (exact) mass is 368 g/mol. The Morgan fingerprint density at radius 3 is 2.76 bits per heavy atom. The van der Waals surface area contributed by atoms with E-state index >= 15 is 0 Å². The smallest absolute Gasteiger partial charge is 0.231 e. The summed E-state index contributed by atoms with van der Waals surface area (Å²) in [6, 6.07) is 8.35. The molecule has 1 aliphatic carbocycles. The number of carbonyl (C=O) groups excluding carboxylic acids is 1. The zero-order valence-electron chi connectivity index (χ0n) is 13.9. The third kappa shape index (κ3) is 3.26. The minimum absolute atomic E-state index is 0.161. The predicted molar refractivity (Wildman–Crippen MR) is 104 cm³/mol.